The van der Waals surface area contributed by atoms with Gasteiger partial charge in [-0.3, -0.25) is 14.6 Å². The van der Waals surface area contributed by atoms with E-state index in [9.17, 15) is 9.59 Å². The monoisotopic (exact) mass is 428 g/mol. The Hall–Kier alpha value is -3.54. The van der Waals surface area contributed by atoms with Gasteiger partial charge >= 0.3 is 0 Å². The number of aromatic nitrogens is 2. The fraction of sp³-hybridized carbons (Fsp3) is 0.308. The Labute approximate surface area is 188 Å². The summed E-state index contributed by atoms with van der Waals surface area (Å²) >= 11 is 0. The molecule has 2 N–H and O–H groups in total. The summed E-state index contributed by atoms with van der Waals surface area (Å²) in [6.07, 6.45) is 6.05. The summed E-state index contributed by atoms with van der Waals surface area (Å²) in [5.41, 5.74) is 3.54. The molecule has 3 aromatic rings. The van der Waals surface area contributed by atoms with Crippen LogP contribution in [-0.2, 0) is 0 Å². The van der Waals surface area contributed by atoms with E-state index in [2.05, 4.69) is 27.5 Å². The van der Waals surface area contributed by atoms with E-state index in [0.717, 1.165) is 37.2 Å². The number of aryl methyl sites for hydroxylation is 1. The van der Waals surface area contributed by atoms with Crippen molar-refractivity contribution in [1.82, 2.24) is 15.3 Å². The van der Waals surface area contributed by atoms with Crippen molar-refractivity contribution >= 4 is 17.5 Å². The summed E-state index contributed by atoms with van der Waals surface area (Å²) in [4.78, 5) is 34.2. The van der Waals surface area contributed by atoms with Crippen LogP contribution in [0.1, 0.15) is 59.1 Å². The SMILES string of the molecule is Cc1ncc(-c2ccc(C(=O)NC3CCC(C)CC3)cc2)nc1C(=O)Nc1ccccc1. The van der Waals surface area contributed by atoms with Crippen LogP contribution in [0.2, 0.25) is 0 Å². The van der Waals surface area contributed by atoms with Crippen LogP contribution in [0.5, 0.6) is 0 Å². The minimum Gasteiger partial charge on any atom is -0.349 e. The number of hydrogen-bond donors (Lipinski definition) is 2. The molecule has 0 spiro atoms. The van der Waals surface area contributed by atoms with Crippen LogP contribution in [0.4, 0.5) is 5.69 Å². The van der Waals surface area contributed by atoms with Crippen molar-refractivity contribution in [2.75, 3.05) is 5.32 Å². The molecule has 1 aromatic heterocycles. The number of para-hydroxylation sites is 1. The second-order valence-electron chi connectivity index (χ2n) is 8.52. The highest BCUT2D eigenvalue weighted by atomic mass is 16.2. The molecular weight excluding hydrogens is 400 g/mol. The molecule has 0 aliphatic heterocycles. The Bertz CT molecular complexity index is 1090. The van der Waals surface area contributed by atoms with Gasteiger partial charge in [-0.15, -0.1) is 0 Å². The fourth-order valence-corrected chi connectivity index (χ4v) is 3.98. The lowest BCUT2D eigenvalue weighted by molar-refractivity contribution is 0.0922. The van der Waals surface area contributed by atoms with Gasteiger partial charge < -0.3 is 10.6 Å². The molecule has 1 heterocycles. The van der Waals surface area contributed by atoms with Crippen LogP contribution in [0.25, 0.3) is 11.3 Å². The number of nitrogens with zero attached hydrogens (tertiary/aromatic N) is 2. The number of amides is 2. The molecule has 0 atom stereocenters. The molecule has 32 heavy (non-hydrogen) atoms. The van der Waals surface area contributed by atoms with Gasteiger partial charge in [-0.1, -0.05) is 37.3 Å². The van der Waals surface area contributed by atoms with E-state index in [-0.39, 0.29) is 23.6 Å². The van der Waals surface area contributed by atoms with Crippen LogP contribution in [0, 0.1) is 12.8 Å². The molecule has 2 aromatic carbocycles. The first-order valence-corrected chi connectivity index (χ1v) is 11.1. The zero-order valence-electron chi connectivity index (χ0n) is 18.5. The van der Waals surface area contributed by atoms with Crippen molar-refractivity contribution < 1.29 is 9.59 Å². The molecule has 1 fully saturated rings. The maximum Gasteiger partial charge on any atom is 0.276 e. The summed E-state index contributed by atoms with van der Waals surface area (Å²) in [7, 11) is 0. The maximum absolute atomic E-state index is 12.7. The highest BCUT2D eigenvalue weighted by Gasteiger charge is 2.20. The van der Waals surface area contributed by atoms with Gasteiger partial charge in [0.25, 0.3) is 11.8 Å². The van der Waals surface area contributed by atoms with E-state index in [0.29, 0.717) is 22.6 Å². The number of rotatable bonds is 5. The third-order valence-corrected chi connectivity index (χ3v) is 6.00. The fourth-order valence-electron chi connectivity index (χ4n) is 3.98. The smallest absolute Gasteiger partial charge is 0.276 e. The maximum atomic E-state index is 12.7. The number of carbonyl (C=O) groups is 2. The summed E-state index contributed by atoms with van der Waals surface area (Å²) in [6, 6.07) is 16.8. The molecule has 0 saturated heterocycles. The van der Waals surface area contributed by atoms with Gasteiger partial charge in [0.1, 0.15) is 5.69 Å². The van der Waals surface area contributed by atoms with Crippen LogP contribution in [-0.4, -0.2) is 27.8 Å². The summed E-state index contributed by atoms with van der Waals surface area (Å²) in [5, 5.41) is 6.00. The van der Waals surface area contributed by atoms with E-state index in [4.69, 9.17) is 0 Å². The molecular formula is C26H28N4O2. The number of nitrogens with one attached hydrogen (secondary N) is 2. The minimum atomic E-state index is -0.305. The molecule has 2 amide bonds. The Morgan fingerprint density at radius 2 is 1.59 bits per heavy atom. The largest absolute Gasteiger partial charge is 0.349 e. The number of benzene rings is 2. The van der Waals surface area contributed by atoms with Gasteiger partial charge in [-0.05, 0) is 62.8 Å². The van der Waals surface area contributed by atoms with E-state index in [1.54, 1.807) is 25.3 Å². The number of hydrogen-bond acceptors (Lipinski definition) is 4. The highest BCUT2D eigenvalue weighted by Crippen LogP contribution is 2.24. The van der Waals surface area contributed by atoms with Gasteiger partial charge in [0.2, 0.25) is 0 Å². The van der Waals surface area contributed by atoms with Gasteiger partial charge in [0, 0.05) is 22.9 Å². The van der Waals surface area contributed by atoms with E-state index in [1.165, 1.54) is 0 Å². The Morgan fingerprint density at radius 1 is 0.906 bits per heavy atom. The van der Waals surface area contributed by atoms with Crippen LogP contribution < -0.4 is 10.6 Å². The Kier molecular flexibility index (Phi) is 6.59. The first-order valence-electron chi connectivity index (χ1n) is 11.1. The van der Waals surface area contributed by atoms with Crippen molar-refractivity contribution in [2.45, 2.75) is 45.6 Å². The molecule has 0 unspecified atom stereocenters. The highest BCUT2D eigenvalue weighted by molar-refractivity contribution is 6.03. The number of anilines is 1. The van der Waals surface area contributed by atoms with E-state index in [1.807, 2.05) is 42.5 Å². The van der Waals surface area contributed by atoms with Gasteiger partial charge in [-0.25, -0.2) is 4.98 Å². The normalized spacial score (nSPS) is 18.1. The lowest BCUT2D eigenvalue weighted by Gasteiger charge is -2.26. The van der Waals surface area contributed by atoms with Crippen LogP contribution in [0.3, 0.4) is 0 Å². The molecule has 1 saturated carbocycles. The molecule has 0 bridgehead atoms. The first-order chi connectivity index (χ1) is 15.5. The first kappa shape index (κ1) is 21.7. The third kappa shape index (κ3) is 5.19. The average molecular weight is 429 g/mol. The predicted octanol–water partition coefficient (Wildman–Crippen LogP) is 5.01. The zero-order valence-corrected chi connectivity index (χ0v) is 18.5. The summed E-state index contributed by atoms with van der Waals surface area (Å²) in [5.74, 6) is 0.396. The summed E-state index contributed by atoms with van der Waals surface area (Å²) < 4.78 is 0. The lowest BCUT2D eigenvalue weighted by atomic mass is 9.87. The molecule has 4 rings (SSSR count). The predicted molar refractivity (Wildman–Crippen MR) is 125 cm³/mol. The Balaban J connectivity index is 1.46. The van der Waals surface area contributed by atoms with Crippen LogP contribution >= 0.6 is 0 Å². The van der Waals surface area contributed by atoms with Crippen molar-refractivity contribution in [3.63, 3.8) is 0 Å². The second-order valence-corrected chi connectivity index (χ2v) is 8.52. The van der Waals surface area contributed by atoms with Crippen molar-refractivity contribution in [3.05, 3.63) is 77.7 Å². The van der Waals surface area contributed by atoms with E-state index >= 15 is 0 Å². The quantitative estimate of drug-likeness (QED) is 0.598. The third-order valence-electron chi connectivity index (χ3n) is 6.00. The zero-order chi connectivity index (χ0) is 22.5. The minimum absolute atomic E-state index is 0.0472. The van der Waals surface area contributed by atoms with E-state index < -0.39 is 0 Å². The average Bonchev–Trinajstić information content (AvgIpc) is 2.81. The van der Waals surface area contributed by atoms with Gasteiger partial charge in [0.15, 0.2) is 0 Å². The topological polar surface area (TPSA) is 84.0 Å². The molecule has 6 nitrogen and oxygen atoms in total. The summed E-state index contributed by atoms with van der Waals surface area (Å²) in [6.45, 7) is 4.03. The van der Waals surface area contributed by atoms with Crippen LogP contribution in [0.15, 0.2) is 60.8 Å². The molecule has 1 aliphatic carbocycles. The number of carbonyl (C=O) groups excluding carboxylic acids is 2. The van der Waals surface area contributed by atoms with Crippen molar-refractivity contribution in [1.29, 1.82) is 0 Å². The lowest BCUT2D eigenvalue weighted by Crippen LogP contribution is -2.37. The van der Waals surface area contributed by atoms with Gasteiger partial charge in [0.05, 0.1) is 17.6 Å². The molecule has 1 aliphatic rings. The second kappa shape index (κ2) is 9.73. The molecule has 0 radical (unpaired) electrons. The standard InChI is InChI=1S/C26H28N4O2/c1-17-8-14-22(15-9-17)28-25(31)20-12-10-19(11-13-20)23-16-27-18(2)24(30-23)26(32)29-21-6-4-3-5-7-21/h3-7,10-13,16-17,22H,8-9,14-15H2,1-2H3,(H,28,31)(H,29,32). The molecule has 164 valence electrons. The molecule has 6 heteroatoms. The van der Waals surface area contributed by atoms with Gasteiger partial charge in [-0.2, -0.15) is 0 Å². The Morgan fingerprint density at radius 3 is 2.28 bits per heavy atom. The van der Waals surface area contributed by atoms with Crippen molar-refractivity contribution in [2.24, 2.45) is 5.92 Å². The van der Waals surface area contributed by atoms with Crippen molar-refractivity contribution in [3.8, 4) is 11.3 Å².